The molecule has 2 rings (SSSR count). The van der Waals surface area contributed by atoms with Gasteiger partial charge in [-0.05, 0) is 37.7 Å². The van der Waals surface area contributed by atoms with E-state index in [9.17, 15) is 9.59 Å². The molecule has 7 heteroatoms. The molecule has 0 saturated carbocycles. The summed E-state index contributed by atoms with van der Waals surface area (Å²) < 4.78 is 0. The van der Waals surface area contributed by atoms with Crippen molar-refractivity contribution in [3.05, 3.63) is 24.3 Å². The van der Waals surface area contributed by atoms with Crippen LogP contribution in [0.1, 0.15) is 26.7 Å². The summed E-state index contributed by atoms with van der Waals surface area (Å²) in [5.41, 5.74) is 1.39. The molecule has 0 spiro atoms. The Kier molecular flexibility index (Phi) is 6.14. The van der Waals surface area contributed by atoms with Crippen molar-refractivity contribution >= 4 is 40.5 Å². The summed E-state index contributed by atoms with van der Waals surface area (Å²) in [5.74, 6) is -0.173. The van der Waals surface area contributed by atoms with Gasteiger partial charge in [-0.15, -0.1) is 0 Å². The van der Waals surface area contributed by atoms with E-state index in [-0.39, 0.29) is 30.8 Å². The SMILES string of the molecule is CCCNC(=S)N(C)CC(=O)N1c2ccccc2NC(=O)CC1C. The van der Waals surface area contributed by atoms with Crippen LogP contribution in [0, 0.1) is 0 Å². The van der Waals surface area contributed by atoms with E-state index in [0.717, 1.165) is 18.7 Å². The summed E-state index contributed by atoms with van der Waals surface area (Å²) in [6.45, 7) is 4.87. The second-order valence-corrected chi connectivity index (χ2v) is 6.36. The van der Waals surface area contributed by atoms with Crippen molar-refractivity contribution in [3.63, 3.8) is 0 Å². The first-order chi connectivity index (χ1) is 11.4. The van der Waals surface area contributed by atoms with E-state index >= 15 is 0 Å². The largest absolute Gasteiger partial charge is 0.363 e. The van der Waals surface area contributed by atoms with E-state index in [4.69, 9.17) is 12.2 Å². The van der Waals surface area contributed by atoms with Crippen molar-refractivity contribution in [1.29, 1.82) is 0 Å². The Balaban J connectivity index is 2.18. The number of rotatable bonds is 4. The minimum absolute atomic E-state index is 0.0845. The van der Waals surface area contributed by atoms with Gasteiger partial charge in [0.2, 0.25) is 11.8 Å². The normalized spacial score (nSPS) is 16.7. The van der Waals surface area contributed by atoms with E-state index < -0.39 is 0 Å². The number of benzene rings is 1. The van der Waals surface area contributed by atoms with Crippen molar-refractivity contribution in [1.82, 2.24) is 10.2 Å². The Hall–Kier alpha value is -2.15. The highest BCUT2D eigenvalue weighted by molar-refractivity contribution is 7.80. The van der Waals surface area contributed by atoms with Crippen LogP contribution in [0.25, 0.3) is 0 Å². The van der Waals surface area contributed by atoms with E-state index in [1.807, 2.05) is 31.2 Å². The molecule has 0 aliphatic carbocycles. The lowest BCUT2D eigenvalue weighted by Crippen LogP contribution is -2.47. The number of hydrogen-bond acceptors (Lipinski definition) is 3. The maximum atomic E-state index is 12.9. The topological polar surface area (TPSA) is 64.7 Å². The zero-order valence-electron chi connectivity index (χ0n) is 14.3. The number of fused-ring (bicyclic) bond motifs is 1. The summed E-state index contributed by atoms with van der Waals surface area (Å²) in [7, 11) is 1.79. The number of anilines is 2. The highest BCUT2D eigenvalue weighted by Gasteiger charge is 2.30. The van der Waals surface area contributed by atoms with Gasteiger partial charge in [-0.3, -0.25) is 9.59 Å². The van der Waals surface area contributed by atoms with E-state index in [2.05, 4.69) is 17.6 Å². The second kappa shape index (κ2) is 8.10. The number of amides is 2. The minimum Gasteiger partial charge on any atom is -0.363 e. The lowest BCUT2D eigenvalue weighted by atomic mass is 10.1. The number of nitrogens with one attached hydrogen (secondary N) is 2. The molecule has 1 aliphatic heterocycles. The Morgan fingerprint density at radius 2 is 2.17 bits per heavy atom. The van der Waals surface area contributed by atoms with Crippen LogP contribution in [-0.2, 0) is 9.59 Å². The molecular weight excluding hydrogens is 324 g/mol. The van der Waals surface area contributed by atoms with Crippen LogP contribution < -0.4 is 15.5 Å². The summed E-state index contributed by atoms with van der Waals surface area (Å²) >= 11 is 5.29. The van der Waals surface area contributed by atoms with E-state index in [1.54, 1.807) is 16.8 Å². The molecule has 1 aromatic carbocycles. The molecule has 0 saturated heterocycles. The van der Waals surface area contributed by atoms with Crippen molar-refractivity contribution in [3.8, 4) is 0 Å². The first-order valence-corrected chi connectivity index (χ1v) is 8.54. The molecule has 0 radical (unpaired) electrons. The van der Waals surface area contributed by atoms with Crippen molar-refractivity contribution < 1.29 is 9.59 Å². The lowest BCUT2D eigenvalue weighted by molar-refractivity contribution is -0.119. The molecule has 2 amide bonds. The van der Waals surface area contributed by atoms with Gasteiger partial charge in [-0.2, -0.15) is 0 Å². The molecule has 6 nitrogen and oxygen atoms in total. The number of thiocarbonyl (C=S) groups is 1. The Morgan fingerprint density at radius 1 is 1.46 bits per heavy atom. The fourth-order valence-electron chi connectivity index (χ4n) is 2.69. The summed E-state index contributed by atoms with van der Waals surface area (Å²) in [6, 6.07) is 7.14. The third-order valence-corrected chi connectivity index (χ3v) is 4.33. The van der Waals surface area contributed by atoms with Crippen molar-refractivity contribution in [2.75, 3.05) is 30.4 Å². The molecule has 2 N–H and O–H groups in total. The van der Waals surface area contributed by atoms with Gasteiger partial charge >= 0.3 is 0 Å². The average molecular weight is 348 g/mol. The fourth-order valence-corrected chi connectivity index (χ4v) is 2.85. The van der Waals surface area contributed by atoms with Gasteiger partial charge in [0.1, 0.15) is 0 Å². The van der Waals surface area contributed by atoms with Crippen LogP contribution in [0.15, 0.2) is 24.3 Å². The number of nitrogens with zero attached hydrogens (tertiary/aromatic N) is 2. The van der Waals surface area contributed by atoms with Crippen LogP contribution in [0.2, 0.25) is 0 Å². The molecule has 1 heterocycles. The van der Waals surface area contributed by atoms with Crippen LogP contribution in [0.3, 0.4) is 0 Å². The number of hydrogen-bond donors (Lipinski definition) is 2. The molecule has 0 bridgehead atoms. The molecule has 1 aromatic rings. The van der Waals surface area contributed by atoms with Gasteiger partial charge in [0.05, 0.1) is 17.9 Å². The lowest BCUT2D eigenvalue weighted by Gasteiger charge is -2.30. The van der Waals surface area contributed by atoms with Crippen LogP contribution in [0.5, 0.6) is 0 Å². The summed E-state index contributed by atoms with van der Waals surface area (Å²) in [6.07, 6.45) is 1.23. The van der Waals surface area contributed by atoms with Gasteiger partial charge < -0.3 is 20.4 Å². The predicted molar refractivity (Wildman–Crippen MR) is 100 cm³/mol. The molecule has 1 aliphatic rings. The number of likely N-dealkylation sites (N-methyl/N-ethyl adjacent to an activating group) is 1. The maximum absolute atomic E-state index is 12.9. The van der Waals surface area contributed by atoms with Crippen LogP contribution >= 0.6 is 12.2 Å². The van der Waals surface area contributed by atoms with Gasteiger partial charge in [-0.25, -0.2) is 0 Å². The van der Waals surface area contributed by atoms with Crippen LogP contribution in [-0.4, -0.2) is 48.0 Å². The van der Waals surface area contributed by atoms with Gasteiger partial charge in [-0.1, -0.05) is 19.1 Å². The quantitative estimate of drug-likeness (QED) is 0.815. The molecule has 0 aromatic heterocycles. The zero-order valence-corrected chi connectivity index (χ0v) is 15.2. The molecule has 24 heavy (non-hydrogen) atoms. The molecule has 0 fully saturated rings. The monoisotopic (exact) mass is 348 g/mol. The third kappa shape index (κ3) is 4.23. The number of carbonyl (C=O) groups is 2. The predicted octanol–water partition coefficient (Wildman–Crippen LogP) is 1.97. The molecule has 1 unspecified atom stereocenters. The van der Waals surface area contributed by atoms with E-state index in [0.29, 0.717) is 10.8 Å². The number of carbonyl (C=O) groups excluding carboxylic acids is 2. The van der Waals surface area contributed by atoms with Gasteiger partial charge in [0, 0.05) is 26.1 Å². The summed E-state index contributed by atoms with van der Waals surface area (Å²) in [4.78, 5) is 28.3. The Bertz CT molecular complexity index is 635. The maximum Gasteiger partial charge on any atom is 0.246 e. The minimum atomic E-state index is -0.216. The number of para-hydroxylation sites is 2. The molecule has 1 atom stereocenters. The average Bonchev–Trinajstić information content (AvgIpc) is 2.66. The first-order valence-electron chi connectivity index (χ1n) is 8.14. The highest BCUT2D eigenvalue weighted by atomic mass is 32.1. The molecule has 130 valence electrons. The first kappa shape index (κ1) is 18.2. The molecular formula is C17H24N4O2S. The Labute approximate surface area is 148 Å². The smallest absolute Gasteiger partial charge is 0.246 e. The highest BCUT2D eigenvalue weighted by Crippen LogP contribution is 2.31. The van der Waals surface area contributed by atoms with Gasteiger partial charge in [0.25, 0.3) is 0 Å². The second-order valence-electron chi connectivity index (χ2n) is 5.97. The standard InChI is InChI=1S/C17H24N4O2S/c1-4-9-18-17(24)20(3)11-16(23)21-12(2)10-15(22)19-13-7-5-6-8-14(13)21/h5-8,12H,4,9-11H2,1-3H3,(H,18,24)(H,19,22). The third-order valence-electron chi connectivity index (χ3n) is 3.87. The Morgan fingerprint density at radius 3 is 2.88 bits per heavy atom. The van der Waals surface area contributed by atoms with Crippen molar-refractivity contribution in [2.24, 2.45) is 0 Å². The zero-order chi connectivity index (χ0) is 17.7. The summed E-state index contributed by atoms with van der Waals surface area (Å²) in [5, 5.41) is 6.52. The van der Waals surface area contributed by atoms with E-state index in [1.165, 1.54) is 0 Å². The van der Waals surface area contributed by atoms with Crippen LogP contribution in [0.4, 0.5) is 11.4 Å². The van der Waals surface area contributed by atoms with Gasteiger partial charge in [0.15, 0.2) is 5.11 Å². The van der Waals surface area contributed by atoms with Crippen molar-refractivity contribution in [2.45, 2.75) is 32.7 Å². The fraction of sp³-hybridized carbons (Fsp3) is 0.471.